The first-order valence-corrected chi connectivity index (χ1v) is 6.98. The molecule has 0 aliphatic rings. The number of alkyl halides is 1. The highest BCUT2D eigenvalue weighted by Gasteiger charge is 2.31. The summed E-state index contributed by atoms with van der Waals surface area (Å²) in [6, 6.07) is 1.04. The van der Waals surface area contributed by atoms with E-state index in [2.05, 4.69) is 0 Å². The Labute approximate surface area is 105 Å². The molecule has 1 aromatic rings. The number of thiophene rings is 1. The lowest BCUT2D eigenvalue weighted by molar-refractivity contribution is -0.118. The number of rotatable bonds is 4. The topological polar surface area (TPSA) is 77.2 Å². The van der Waals surface area contributed by atoms with Gasteiger partial charge in [0, 0.05) is 0 Å². The number of nitrogens with two attached hydrogens (primary N) is 1. The van der Waals surface area contributed by atoms with Gasteiger partial charge in [-0.15, -0.1) is 11.3 Å². The maximum atomic E-state index is 13.3. The van der Waals surface area contributed by atoms with Crippen molar-refractivity contribution >= 4 is 50.3 Å². The predicted molar refractivity (Wildman–Crippen MR) is 60.2 cm³/mol. The summed E-state index contributed by atoms with van der Waals surface area (Å²) >= 11 is 11.7. The molecule has 9 heteroatoms. The lowest BCUT2D eigenvalue weighted by atomic mass is 10.5. The summed E-state index contributed by atoms with van der Waals surface area (Å²) in [6.07, 6.45) is -0.893. The van der Waals surface area contributed by atoms with Crippen LogP contribution in [0.5, 0.6) is 0 Å². The monoisotopic (exact) mass is 305 g/mol. The number of hydrogen-bond donors (Lipinski definition) is 1. The van der Waals surface area contributed by atoms with Gasteiger partial charge in [0.1, 0.15) is 8.55 Å². The average Bonchev–Trinajstić information content (AvgIpc) is 2.46. The zero-order valence-corrected chi connectivity index (χ0v) is 10.8. The molecular weight excluding hydrogens is 300 g/mol. The normalized spacial score (nSPS) is 13.7. The van der Waals surface area contributed by atoms with Crippen LogP contribution in [-0.2, 0) is 14.6 Å². The molecule has 16 heavy (non-hydrogen) atoms. The molecule has 0 saturated carbocycles. The second-order valence-electron chi connectivity index (χ2n) is 2.81. The summed E-state index contributed by atoms with van der Waals surface area (Å²) in [7, 11) is -4.25. The second-order valence-corrected chi connectivity index (χ2v) is 7.17. The molecule has 1 heterocycles. The SMILES string of the molecule is NC(=O)CC(F)S(=O)(=O)c1cc(Cl)c(Cl)s1. The van der Waals surface area contributed by atoms with Gasteiger partial charge in [0.05, 0.1) is 11.4 Å². The Morgan fingerprint density at radius 3 is 2.50 bits per heavy atom. The zero-order chi connectivity index (χ0) is 12.5. The molecule has 0 bridgehead atoms. The smallest absolute Gasteiger partial charge is 0.221 e. The van der Waals surface area contributed by atoms with Gasteiger partial charge in [0.2, 0.25) is 21.2 Å². The van der Waals surface area contributed by atoms with Crippen LogP contribution in [0.4, 0.5) is 4.39 Å². The maximum Gasteiger partial charge on any atom is 0.221 e. The summed E-state index contributed by atoms with van der Waals surface area (Å²) < 4.78 is 36.1. The third kappa shape index (κ3) is 2.85. The highest BCUT2D eigenvalue weighted by atomic mass is 35.5. The first kappa shape index (κ1) is 13.7. The molecule has 1 aromatic heterocycles. The Bertz CT molecular complexity index is 494. The molecule has 0 aliphatic heterocycles. The standard InChI is InChI=1S/C7H6Cl2FNO3S2/c8-3-1-6(15-7(3)9)16(13,14)4(10)2-5(11)12/h1,4H,2H2,(H2,11,12). The molecule has 0 spiro atoms. The number of amides is 1. The first-order chi connectivity index (χ1) is 7.25. The van der Waals surface area contributed by atoms with Crippen LogP contribution in [0.25, 0.3) is 0 Å². The van der Waals surface area contributed by atoms with Crippen molar-refractivity contribution in [2.45, 2.75) is 16.1 Å². The van der Waals surface area contributed by atoms with Crippen LogP contribution in [0, 0.1) is 0 Å². The van der Waals surface area contributed by atoms with Crippen LogP contribution < -0.4 is 5.73 Å². The lowest BCUT2D eigenvalue weighted by Gasteiger charge is -2.05. The molecule has 0 fully saturated rings. The van der Waals surface area contributed by atoms with Crippen molar-refractivity contribution < 1.29 is 17.6 Å². The third-order valence-corrected chi connectivity index (χ3v) is 5.73. The number of hydrogen-bond acceptors (Lipinski definition) is 4. The molecule has 4 nitrogen and oxygen atoms in total. The van der Waals surface area contributed by atoms with Crippen LogP contribution in [0.3, 0.4) is 0 Å². The Hall–Kier alpha value is -0.370. The van der Waals surface area contributed by atoms with E-state index in [4.69, 9.17) is 28.9 Å². The fourth-order valence-electron chi connectivity index (χ4n) is 0.861. The summed E-state index contributed by atoms with van der Waals surface area (Å²) in [4.78, 5) is 10.4. The van der Waals surface area contributed by atoms with Crippen LogP contribution in [0.15, 0.2) is 10.3 Å². The van der Waals surface area contributed by atoms with Gasteiger partial charge < -0.3 is 5.73 Å². The van der Waals surface area contributed by atoms with E-state index in [1.165, 1.54) is 0 Å². The minimum atomic E-state index is -4.25. The van der Waals surface area contributed by atoms with E-state index in [0.717, 1.165) is 6.07 Å². The van der Waals surface area contributed by atoms with E-state index >= 15 is 0 Å². The van der Waals surface area contributed by atoms with E-state index in [-0.39, 0.29) is 13.6 Å². The number of sulfone groups is 1. The molecule has 2 N–H and O–H groups in total. The Balaban J connectivity index is 3.06. The van der Waals surface area contributed by atoms with Gasteiger partial charge in [-0.2, -0.15) is 0 Å². The van der Waals surface area contributed by atoms with Gasteiger partial charge in [-0.25, -0.2) is 12.8 Å². The quantitative estimate of drug-likeness (QED) is 0.924. The van der Waals surface area contributed by atoms with Gasteiger partial charge in [0.25, 0.3) is 0 Å². The molecule has 1 atom stereocenters. The van der Waals surface area contributed by atoms with Gasteiger partial charge in [-0.1, -0.05) is 23.2 Å². The molecule has 0 radical (unpaired) electrons. The largest absolute Gasteiger partial charge is 0.370 e. The van der Waals surface area contributed by atoms with Crippen LogP contribution in [0.2, 0.25) is 9.36 Å². The molecule has 90 valence electrons. The average molecular weight is 306 g/mol. The van der Waals surface area contributed by atoms with Crippen LogP contribution in [-0.4, -0.2) is 19.8 Å². The van der Waals surface area contributed by atoms with E-state index in [1.54, 1.807) is 0 Å². The van der Waals surface area contributed by atoms with Crippen molar-refractivity contribution in [3.63, 3.8) is 0 Å². The summed E-state index contributed by atoms with van der Waals surface area (Å²) in [5.74, 6) is -1.04. The first-order valence-electron chi connectivity index (χ1n) is 3.86. The Morgan fingerprint density at radius 1 is 1.56 bits per heavy atom. The Morgan fingerprint density at radius 2 is 2.12 bits per heavy atom. The number of primary amides is 1. The fraction of sp³-hybridized carbons (Fsp3) is 0.286. The van der Waals surface area contributed by atoms with Crippen LogP contribution >= 0.6 is 34.5 Å². The summed E-state index contributed by atoms with van der Waals surface area (Å²) in [5.41, 5.74) is 2.33. The predicted octanol–water partition coefficient (Wildman–Crippen LogP) is 2.00. The summed E-state index contributed by atoms with van der Waals surface area (Å²) in [6.45, 7) is 0. The molecule has 0 aromatic carbocycles. The molecular formula is C7H6Cl2FNO3S2. The van der Waals surface area contributed by atoms with Gasteiger partial charge in [0.15, 0.2) is 0 Å². The number of halogens is 3. The van der Waals surface area contributed by atoms with Crippen molar-refractivity contribution in [2.24, 2.45) is 5.73 Å². The van der Waals surface area contributed by atoms with Crippen molar-refractivity contribution in [3.8, 4) is 0 Å². The highest BCUT2D eigenvalue weighted by Crippen LogP contribution is 2.36. The molecule has 1 rings (SSSR count). The van der Waals surface area contributed by atoms with Crippen molar-refractivity contribution in [1.82, 2.24) is 0 Å². The maximum absolute atomic E-state index is 13.3. The van der Waals surface area contributed by atoms with Crippen molar-refractivity contribution in [2.75, 3.05) is 0 Å². The molecule has 1 amide bonds. The molecule has 0 saturated heterocycles. The van der Waals surface area contributed by atoms with Gasteiger partial charge >= 0.3 is 0 Å². The van der Waals surface area contributed by atoms with E-state index in [0.29, 0.717) is 11.3 Å². The van der Waals surface area contributed by atoms with E-state index in [9.17, 15) is 17.6 Å². The second kappa shape index (κ2) is 4.87. The van der Waals surface area contributed by atoms with Crippen molar-refractivity contribution in [1.29, 1.82) is 0 Å². The minimum Gasteiger partial charge on any atom is -0.370 e. The molecule has 0 aliphatic carbocycles. The Kier molecular flexibility index (Phi) is 4.17. The molecule has 1 unspecified atom stereocenters. The summed E-state index contributed by atoms with van der Waals surface area (Å²) in [5, 5.41) is 0.0246. The lowest BCUT2D eigenvalue weighted by Crippen LogP contribution is -2.23. The fourth-order valence-corrected chi connectivity index (χ4v) is 4.11. The van der Waals surface area contributed by atoms with E-state index in [1.807, 2.05) is 0 Å². The van der Waals surface area contributed by atoms with Gasteiger partial charge in [-0.3, -0.25) is 4.79 Å². The van der Waals surface area contributed by atoms with E-state index < -0.39 is 27.7 Å². The number of carbonyl (C=O) groups is 1. The zero-order valence-electron chi connectivity index (χ0n) is 7.61. The number of carbonyl (C=O) groups excluding carboxylic acids is 1. The minimum absolute atomic E-state index is 0.0246. The van der Waals surface area contributed by atoms with Crippen LogP contribution in [0.1, 0.15) is 6.42 Å². The third-order valence-electron chi connectivity index (χ3n) is 1.60. The van der Waals surface area contributed by atoms with Crippen molar-refractivity contribution in [3.05, 3.63) is 15.4 Å². The highest BCUT2D eigenvalue weighted by molar-refractivity contribution is 7.94. The van der Waals surface area contributed by atoms with Gasteiger partial charge in [-0.05, 0) is 6.07 Å².